The minimum atomic E-state index is -0.199. The Morgan fingerprint density at radius 1 is 1.00 bits per heavy atom. The zero-order valence-corrected chi connectivity index (χ0v) is 17.0. The predicted octanol–water partition coefficient (Wildman–Crippen LogP) is 4.56. The summed E-state index contributed by atoms with van der Waals surface area (Å²) in [6, 6.07) is 16.9. The Bertz CT molecular complexity index is 992. The molecule has 4 rings (SSSR count). The molecule has 2 heterocycles. The number of carbonyl (C=O) groups is 1. The van der Waals surface area contributed by atoms with Crippen molar-refractivity contribution < 1.29 is 9.18 Å². The SMILES string of the molecule is CC(/C=C1\SC(N2CCN(c3ccccc3F)CC2)=NC1=O)=C\c1ccccc1. The molecule has 0 spiro atoms. The lowest BCUT2D eigenvalue weighted by Gasteiger charge is -2.36. The Kier molecular flexibility index (Phi) is 5.81. The first-order valence-corrected chi connectivity index (χ1v) is 10.4. The molecule has 0 saturated carbocycles. The van der Waals surface area contributed by atoms with E-state index < -0.39 is 0 Å². The number of benzene rings is 2. The van der Waals surface area contributed by atoms with Crippen LogP contribution >= 0.6 is 11.8 Å². The van der Waals surface area contributed by atoms with E-state index >= 15 is 0 Å². The van der Waals surface area contributed by atoms with Crippen LogP contribution in [-0.4, -0.2) is 42.2 Å². The van der Waals surface area contributed by atoms with E-state index in [2.05, 4.69) is 9.89 Å². The van der Waals surface area contributed by atoms with Crippen molar-refractivity contribution in [2.45, 2.75) is 6.92 Å². The quantitative estimate of drug-likeness (QED) is 0.699. The second kappa shape index (κ2) is 8.66. The van der Waals surface area contributed by atoms with Crippen molar-refractivity contribution in [1.29, 1.82) is 0 Å². The molecule has 0 unspecified atom stereocenters. The van der Waals surface area contributed by atoms with Crippen LogP contribution in [-0.2, 0) is 4.79 Å². The van der Waals surface area contributed by atoms with Gasteiger partial charge in [-0.05, 0) is 48.0 Å². The van der Waals surface area contributed by atoms with Gasteiger partial charge in [0.1, 0.15) is 5.82 Å². The minimum Gasteiger partial charge on any atom is -0.366 e. The predicted molar refractivity (Wildman–Crippen MR) is 118 cm³/mol. The molecule has 0 aromatic heterocycles. The molecule has 0 atom stereocenters. The molecule has 2 aromatic rings. The number of hydrogen-bond donors (Lipinski definition) is 0. The monoisotopic (exact) mass is 407 g/mol. The highest BCUT2D eigenvalue weighted by Gasteiger charge is 2.28. The Hall–Kier alpha value is -2.86. The number of amidine groups is 1. The number of para-hydroxylation sites is 1. The van der Waals surface area contributed by atoms with Gasteiger partial charge in [-0.2, -0.15) is 4.99 Å². The molecule has 1 amide bonds. The lowest BCUT2D eigenvalue weighted by Crippen LogP contribution is -2.48. The summed E-state index contributed by atoms with van der Waals surface area (Å²) in [5, 5.41) is 0.738. The lowest BCUT2D eigenvalue weighted by molar-refractivity contribution is -0.113. The number of hydrogen-bond acceptors (Lipinski definition) is 4. The maximum Gasteiger partial charge on any atom is 0.286 e. The topological polar surface area (TPSA) is 35.9 Å². The average molecular weight is 408 g/mol. The van der Waals surface area contributed by atoms with Gasteiger partial charge >= 0.3 is 0 Å². The van der Waals surface area contributed by atoms with Gasteiger partial charge < -0.3 is 9.80 Å². The first-order valence-electron chi connectivity index (χ1n) is 9.60. The summed E-state index contributed by atoms with van der Waals surface area (Å²) in [7, 11) is 0. The van der Waals surface area contributed by atoms with Gasteiger partial charge in [0.05, 0.1) is 10.6 Å². The number of amides is 1. The number of carbonyl (C=O) groups excluding carboxylic acids is 1. The lowest BCUT2D eigenvalue weighted by atomic mass is 10.1. The van der Waals surface area contributed by atoms with Crippen molar-refractivity contribution in [1.82, 2.24) is 4.90 Å². The van der Waals surface area contributed by atoms with Crippen molar-refractivity contribution in [3.05, 3.63) is 82.5 Å². The van der Waals surface area contributed by atoms with Crippen LogP contribution in [0.2, 0.25) is 0 Å². The highest BCUT2D eigenvalue weighted by molar-refractivity contribution is 8.18. The van der Waals surface area contributed by atoms with Gasteiger partial charge in [0.2, 0.25) is 0 Å². The van der Waals surface area contributed by atoms with Crippen LogP contribution in [0, 0.1) is 5.82 Å². The van der Waals surface area contributed by atoms with Gasteiger partial charge in [-0.15, -0.1) is 0 Å². The summed E-state index contributed by atoms with van der Waals surface area (Å²) < 4.78 is 14.0. The number of thioether (sulfide) groups is 1. The summed E-state index contributed by atoms with van der Waals surface area (Å²) in [5.74, 6) is -0.392. The largest absolute Gasteiger partial charge is 0.366 e. The third-order valence-electron chi connectivity index (χ3n) is 4.91. The van der Waals surface area contributed by atoms with Gasteiger partial charge in [0, 0.05) is 26.2 Å². The molecular formula is C23H22FN3OS. The molecule has 148 valence electrons. The van der Waals surface area contributed by atoms with E-state index in [0.29, 0.717) is 36.8 Å². The second-order valence-electron chi connectivity index (χ2n) is 7.03. The first kappa shape index (κ1) is 19.5. The van der Waals surface area contributed by atoms with Crippen molar-refractivity contribution in [3.63, 3.8) is 0 Å². The molecule has 29 heavy (non-hydrogen) atoms. The summed E-state index contributed by atoms with van der Waals surface area (Å²) in [4.78, 5) is 21.4. The van der Waals surface area contributed by atoms with Crippen LogP contribution in [0.15, 0.2) is 76.1 Å². The van der Waals surface area contributed by atoms with Crippen LogP contribution in [0.3, 0.4) is 0 Å². The number of rotatable bonds is 3. The Morgan fingerprint density at radius 2 is 1.66 bits per heavy atom. The van der Waals surface area contributed by atoms with Crippen molar-refractivity contribution in [2.75, 3.05) is 31.1 Å². The van der Waals surface area contributed by atoms with Crippen molar-refractivity contribution >= 4 is 34.6 Å². The Labute approximate surface area is 174 Å². The maximum atomic E-state index is 14.0. The average Bonchev–Trinajstić information content (AvgIpc) is 3.09. The van der Waals surface area contributed by atoms with Crippen LogP contribution in [0.4, 0.5) is 10.1 Å². The fraction of sp³-hybridized carbons (Fsp3) is 0.217. The summed E-state index contributed by atoms with van der Waals surface area (Å²) in [6.07, 6.45) is 3.94. The zero-order chi connectivity index (χ0) is 20.2. The third kappa shape index (κ3) is 4.59. The minimum absolute atomic E-state index is 0.192. The number of piperazine rings is 1. The molecule has 2 aliphatic rings. The number of nitrogens with zero attached hydrogens (tertiary/aromatic N) is 3. The molecule has 0 bridgehead atoms. The van der Waals surface area contributed by atoms with Gasteiger partial charge in [-0.25, -0.2) is 4.39 Å². The van der Waals surface area contributed by atoms with Crippen LogP contribution in [0.25, 0.3) is 6.08 Å². The van der Waals surface area contributed by atoms with Gasteiger partial charge in [-0.1, -0.05) is 48.5 Å². The van der Waals surface area contributed by atoms with E-state index in [1.54, 1.807) is 12.1 Å². The highest BCUT2D eigenvalue weighted by atomic mass is 32.2. The van der Waals surface area contributed by atoms with Crippen molar-refractivity contribution in [3.8, 4) is 0 Å². The van der Waals surface area contributed by atoms with Crippen LogP contribution in [0.5, 0.6) is 0 Å². The number of allylic oxidation sites excluding steroid dienone is 2. The number of halogens is 1. The number of anilines is 1. The van der Waals surface area contributed by atoms with E-state index in [1.807, 2.05) is 60.4 Å². The van der Waals surface area contributed by atoms with Gasteiger partial charge in [0.15, 0.2) is 5.17 Å². The molecule has 2 aliphatic heterocycles. The fourth-order valence-electron chi connectivity index (χ4n) is 3.44. The van der Waals surface area contributed by atoms with Crippen molar-refractivity contribution in [2.24, 2.45) is 4.99 Å². The van der Waals surface area contributed by atoms with E-state index in [0.717, 1.165) is 16.3 Å². The first-order chi connectivity index (χ1) is 14.1. The molecule has 4 nitrogen and oxygen atoms in total. The standard InChI is InChI=1S/C23H22FN3OS/c1-17(15-18-7-3-2-4-8-18)16-21-22(28)25-23(29-21)27-13-11-26(12-14-27)20-10-6-5-9-19(20)24/h2-10,15-16H,11-14H2,1H3/b17-15+,21-16-. The maximum absolute atomic E-state index is 14.0. The molecule has 6 heteroatoms. The molecule has 1 saturated heterocycles. The zero-order valence-electron chi connectivity index (χ0n) is 16.2. The van der Waals surface area contributed by atoms with Gasteiger partial charge in [0.25, 0.3) is 5.91 Å². The molecule has 1 fully saturated rings. The third-order valence-corrected chi connectivity index (χ3v) is 5.95. The molecule has 0 N–H and O–H groups in total. The smallest absolute Gasteiger partial charge is 0.286 e. The van der Waals surface area contributed by atoms with Crippen LogP contribution < -0.4 is 4.90 Å². The normalized spacial score (nSPS) is 19.1. The summed E-state index contributed by atoms with van der Waals surface area (Å²) in [6.45, 7) is 4.79. The Balaban J connectivity index is 1.39. The molecule has 0 aliphatic carbocycles. The van der Waals surface area contributed by atoms with E-state index in [-0.39, 0.29) is 11.7 Å². The molecule has 2 aromatic carbocycles. The Morgan fingerprint density at radius 3 is 2.38 bits per heavy atom. The molecular weight excluding hydrogens is 385 g/mol. The number of aliphatic imine (C=N–C) groups is 1. The fourth-order valence-corrected chi connectivity index (χ4v) is 4.46. The summed E-state index contributed by atoms with van der Waals surface area (Å²) in [5.41, 5.74) is 2.74. The van der Waals surface area contributed by atoms with Gasteiger partial charge in [-0.3, -0.25) is 4.79 Å². The summed E-state index contributed by atoms with van der Waals surface area (Å²) >= 11 is 1.42. The van der Waals surface area contributed by atoms with E-state index in [1.165, 1.54) is 17.8 Å². The second-order valence-corrected chi connectivity index (χ2v) is 8.04. The highest BCUT2D eigenvalue weighted by Crippen LogP contribution is 2.31. The van der Waals surface area contributed by atoms with E-state index in [9.17, 15) is 9.18 Å². The molecule has 0 radical (unpaired) electrons. The van der Waals surface area contributed by atoms with E-state index in [4.69, 9.17) is 0 Å². The van der Waals surface area contributed by atoms with Crippen LogP contribution in [0.1, 0.15) is 12.5 Å².